The molecule has 0 amide bonds. The molecule has 1 aromatic carbocycles. The Morgan fingerprint density at radius 1 is 1.05 bits per heavy atom. The molecule has 0 unspecified atom stereocenters. The Balaban J connectivity index is 1.64. The molecule has 0 radical (unpaired) electrons. The Bertz CT molecular complexity index is 679. The number of hydrogen-bond donors (Lipinski definition) is 1. The van der Waals surface area contributed by atoms with Gasteiger partial charge in [0.05, 0.1) is 29.9 Å². The molecule has 0 saturated heterocycles. The molecular weight excluding hydrogens is 278 g/mol. The van der Waals surface area contributed by atoms with Gasteiger partial charge in [0, 0.05) is 0 Å². The summed E-state index contributed by atoms with van der Waals surface area (Å²) in [4.78, 5) is 0. The van der Waals surface area contributed by atoms with Crippen molar-refractivity contribution in [2.75, 3.05) is 0 Å². The van der Waals surface area contributed by atoms with Gasteiger partial charge in [0.1, 0.15) is 5.76 Å². The van der Waals surface area contributed by atoms with Crippen molar-refractivity contribution in [1.29, 1.82) is 0 Å². The van der Waals surface area contributed by atoms with Crippen LogP contribution in [0.5, 0.6) is 0 Å². The smallest absolute Gasteiger partial charge is 0.249 e. The zero-order chi connectivity index (χ0) is 13.8. The zero-order valence-corrected chi connectivity index (χ0v) is 11.3. The summed E-state index contributed by atoms with van der Waals surface area (Å²) >= 11 is 6.08. The first-order valence-electron chi connectivity index (χ1n) is 6.13. The number of rotatable bonds is 5. The minimum absolute atomic E-state index is 0.422. The van der Waals surface area contributed by atoms with E-state index in [1.165, 1.54) is 0 Å². The number of nitrogens with one attached hydrogen (secondary N) is 1. The van der Waals surface area contributed by atoms with Crippen molar-refractivity contribution in [3.05, 3.63) is 59.3 Å². The molecule has 2 aromatic heterocycles. The molecule has 6 heteroatoms. The molecule has 102 valence electrons. The summed E-state index contributed by atoms with van der Waals surface area (Å²) in [6.07, 6.45) is 1.64. The van der Waals surface area contributed by atoms with Crippen LogP contribution in [0.1, 0.15) is 11.7 Å². The third kappa shape index (κ3) is 2.89. The summed E-state index contributed by atoms with van der Waals surface area (Å²) in [6, 6.07) is 11.1. The van der Waals surface area contributed by atoms with Crippen LogP contribution in [0.2, 0.25) is 5.02 Å². The second kappa shape index (κ2) is 5.90. The summed E-state index contributed by atoms with van der Waals surface area (Å²) in [5.41, 5.74) is 0.735. The van der Waals surface area contributed by atoms with Gasteiger partial charge in [-0.3, -0.25) is 0 Å². The second-order valence-corrected chi connectivity index (χ2v) is 4.57. The Kier molecular flexibility index (Phi) is 3.80. The van der Waals surface area contributed by atoms with Crippen LogP contribution < -0.4 is 5.32 Å². The molecule has 0 saturated carbocycles. The predicted octanol–water partition coefficient (Wildman–Crippen LogP) is 3.27. The molecule has 3 rings (SSSR count). The van der Waals surface area contributed by atoms with Crippen LogP contribution in [0.3, 0.4) is 0 Å². The van der Waals surface area contributed by atoms with Crippen LogP contribution in [0.25, 0.3) is 11.5 Å². The van der Waals surface area contributed by atoms with Crippen LogP contribution >= 0.6 is 11.6 Å². The quantitative estimate of drug-likeness (QED) is 0.781. The van der Waals surface area contributed by atoms with E-state index in [-0.39, 0.29) is 0 Å². The van der Waals surface area contributed by atoms with Crippen LogP contribution in [0.4, 0.5) is 0 Å². The molecule has 0 fully saturated rings. The third-order valence-corrected chi connectivity index (χ3v) is 3.06. The topological polar surface area (TPSA) is 64.1 Å². The highest BCUT2D eigenvalue weighted by Crippen LogP contribution is 2.26. The first kappa shape index (κ1) is 12.9. The van der Waals surface area contributed by atoms with Gasteiger partial charge in [-0.05, 0) is 24.3 Å². The van der Waals surface area contributed by atoms with E-state index in [4.69, 9.17) is 20.4 Å². The van der Waals surface area contributed by atoms with Gasteiger partial charge in [-0.2, -0.15) is 0 Å². The third-order valence-electron chi connectivity index (χ3n) is 2.73. The molecule has 3 aromatic rings. The SMILES string of the molecule is Clc1ccccc1-c1nnc(CNCc2ccco2)o1. The standard InChI is InChI=1S/C14H12ClN3O2/c15-12-6-2-1-5-11(12)14-18-17-13(20-14)9-16-8-10-4-3-7-19-10/h1-7,16H,8-9H2. The Hall–Kier alpha value is -2.11. The van der Waals surface area contributed by atoms with Crippen LogP contribution in [-0.4, -0.2) is 10.2 Å². The van der Waals surface area contributed by atoms with Gasteiger partial charge in [-0.25, -0.2) is 0 Å². The number of halogens is 1. The van der Waals surface area contributed by atoms with Crippen molar-refractivity contribution in [1.82, 2.24) is 15.5 Å². The molecule has 0 aliphatic carbocycles. The maximum Gasteiger partial charge on any atom is 0.249 e. The lowest BCUT2D eigenvalue weighted by atomic mass is 10.2. The number of nitrogens with zero attached hydrogens (tertiary/aromatic N) is 2. The first-order chi connectivity index (χ1) is 9.83. The summed E-state index contributed by atoms with van der Waals surface area (Å²) < 4.78 is 10.8. The van der Waals surface area contributed by atoms with Crippen LogP contribution in [0.15, 0.2) is 51.5 Å². The minimum Gasteiger partial charge on any atom is -0.468 e. The predicted molar refractivity (Wildman–Crippen MR) is 74.0 cm³/mol. The molecule has 0 aliphatic rings. The molecule has 5 nitrogen and oxygen atoms in total. The second-order valence-electron chi connectivity index (χ2n) is 4.16. The Morgan fingerprint density at radius 2 is 1.95 bits per heavy atom. The molecule has 2 heterocycles. The summed E-state index contributed by atoms with van der Waals surface area (Å²) in [5, 5.41) is 11.7. The lowest BCUT2D eigenvalue weighted by Crippen LogP contribution is -2.12. The molecule has 0 bridgehead atoms. The minimum atomic E-state index is 0.422. The average molecular weight is 290 g/mol. The van der Waals surface area contributed by atoms with E-state index in [1.54, 1.807) is 12.3 Å². The fourth-order valence-electron chi connectivity index (χ4n) is 1.77. The number of aromatic nitrogens is 2. The number of hydrogen-bond acceptors (Lipinski definition) is 5. The molecule has 0 spiro atoms. The normalized spacial score (nSPS) is 10.8. The molecule has 1 N–H and O–H groups in total. The van der Waals surface area contributed by atoms with E-state index in [0.29, 0.717) is 29.9 Å². The van der Waals surface area contributed by atoms with E-state index in [2.05, 4.69) is 15.5 Å². The van der Waals surface area contributed by atoms with Crippen molar-refractivity contribution in [3.63, 3.8) is 0 Å². The Morgan fingerprint density at radius 3 is 2.75 bits per heavy atom. The van der Waals surface area contributed by atoms with Crippen molar-refractivity contribution < 1.29 is 8.83 Å². The molecule has 0 atom stereocenters. The molecule has 0 aliphatic heterocycles. The fourth-order valence-corrected chi connectivity index (χ4v) is 1.99. The van der Waals surface area contributed by atoms with Crippen LogP contribution in [-0.2, 0) is 13.1 Å². The highest BCUT2D eigenvalue weighted by atomic mass is 35.5. The van der Waals surface area contributed by atoms with Gasteiger partial charge in [0.2, 0.25) is 11.8 Å². The van der Waals surface area contributed by atoms with Gasteiger partial charge >= 0.3 is 0 Å². The van der Waals surface area contributed by atoms with Crippen LogP contribution in [0, 0.1) is 0 Å². The van der Waals surface area contributed by atoms with Gasteiger partial charge in [0.15, 0.2) is 0 Å². The highest BCUT2D eigenvalue weighted by Gasteiger charge is 2.11. The van der Waals surface area contributed by atoms with Gasteiger partial charge in [-0.1, -0.05) is 23.7 Å². The first-order valence-corrected chi connectivity index (χ1v) is 6.51. The maximum atomic E-state index is 6.08. The Labute approximate surface area is 120 Å². The number of furan rings is 1. The lowest BCUT2D eigenvalue weighted by molar-refractivity contribution is 0.447. The monoisotopic (exact) mass is 289 g/mol. The number of benzene rings is 1. The van der Waals surface area contributed by atoms with Gasteiger partial charge < -0.3 is 14.2 Å². The van der Waals surface area contributed by atoms with E-state index in [9.17, 15) is 0 Å². The van der Waals surface area contributed by atoms with Crippen molar-refractivity contribution >= 4 is 11.6 Å². The summed E-state index contributed by atoms with van der Waals surface area (Å²) in [7, 11) is 0. The molecular formula is C14H12ClN3O2. The van der Waals surface area contributed by atoms with Gasteiger partial charge in [-0.15, -0.1) is 10.2 Å². The van der Waals surface area contributed by atoms with E-state index in [1.807, 2.05) is 30.3 Å². The average Bonchev–Trinajstić information content (AvgIpc) is 3.11. The summed E-state index contributed by atoms with van der Waals surface area (Å²) in [5.74, 6) is 1.78. The van der Waals surface area contributed by atoms with E-state index in [0.717, 1.165) is 11.3 Å². The van der Waals surface area contributed by atoms with Crippen molar-refractivity contribution in [3.8, 4) is 11.5 Å². The van der Waals surface area contributed by atoms with Crippen molar-refractivity contribution in [2.45, 2.75) is 13.1 Å². The molecule has 20 heavy (non-hydrogen) atoms. The lowest BCUT2D eigenvalue weighted by Gasteiger charge is -1.98. The van der Waals surface area contributed by atoms with Crippen molar-refractivity contribution in [2.24, 2.45) is 0 Å². The highest BCUT2D eigenvalue weighted by molar-refractivity contribution is 6.33. The van der Waals surface area contributed by atoms with E-state index >= 15 is 0 Å². The summed E-state index contributed by atoms with van der Waals surface area (Å²) in [6.45, 7) is 1.08. The fraction of sp³-hybridized carbons (Fsp3) is 0.143. The maximum absolute atomic E-state index is 6.08. The largest absolute Gasteiger partial charge is 0.468 e. The van der Waals surface area contributed by atoms with Gasteiger partial charge in [0.25, 0.3) is 0 Å². The zero-order valence-electron chi connectivity index (χ0n) is 10.5. The van der Waals surface area contributed by atoms with E-state index < -0.39 is 0 Å².